The molecule has 0 N–H and O–H groups in total. The van der Waals surface area contributed by atoms with Crippen LogP contribution in [0.5, 0.6) is 0 Å². The number of thiophene rings is 1. The summed E-state index contributed by atoms with van der Waals surface area (Å²) in [7, 11) is 0. The predicted octanol–water partition coefficient (Wildman–Crippen LogP) is 1.65. The average molecular weight is 96.2 g/mol. The van der Waals surface area contributed by atoms with Gasteiger partial charge >= 0.3 is 0 Å². The van der Waals surface area contributed by atoms with Gasteiger partial charge in [-0.15, -0.1) is 11.3 Å². The number of hydrogen-bond donors (Lipinski definition) is 0. The molecule has 2 rings (SSSR count). The van der Waals surface area contributed by atoms with Gasteiger partial charge in [-0.3, -0.25) is 0 Å². The van der Waals surface area contributed by atoms with Crippen molar-refractivity contribution in [2.24, 2.45) is 0 Å². The lowest BCUT2D eigenvalue weighted by atomic mass is 10.6. The zero-order valence-electron chi connectivity index (χ0n) is 3.27. The summed E-state index contributed by atoms with van der Waals surface area (Å²) < 4.78 is 0. The summed E-state index contributed by atoms with van der Waals surface area (Å²) in [6, 6.07) is 2.19. The predicted molar refractivity (Wildman–Crippen MR) is 27.1 cm³/mol. The van der Waals surface area contributed by atoms with Crippen molar-refractivity contribution >= 4 is 11.3 Å². The summed E-state index contributed by atoms with van der Waals surface area (Å²) in [5.41, 5.74) is 1.57. The summed E-state index contributed by atoms with van der Waals surface area (Å²) in [5, 5.41) is 2.15. The van der Waals surface area contributed by atoms with Crippen molar-refractivity contribution in [3.05, 3.63) is 21.9 Å². The van der Waals surface area contributed by atoms with Crippen LogP contribution in [0.15, 0.2) is 11.4 Å². The molecule has 6 heavy (non-hydrogen) atoms. The van der Waals surface area contributed by atoms with Gasteiger partial charge in [-0.2, -0.15) is 0 Å². The third-order valence-corrected chi connectivity index (χ3v) is 2.03. The molecule has 0 atom stereocenters. The van der Waals surface area contributed by atoms with Crippen LogP contribution in [-0.2, 0) is 6.42 Å². The highest BCUT2D eigenvalue weighted by molar-refractivity contribution is 7.10. The Morgan fingerprint density at radius 1 is 1.67 bits per heavy atom. The molecule has 0 spiro atoms. The van der Waals surface area contributed by atoms with E-state index in [0.717, 1.165) is 0 Å². The maximum atomic E-state index is 2.19. The summed E-state index contributed by atoms with van der Waals surface area (Å²) in [6.07, 6.45) is 1.29. The Morgan fingerprint density at radius 3 is 2.83 bits per heavy atom. The van der Waals surface area contributed by atoms with E-state index in [2.05, 4.69) is 11.4 Å². The molecule has 1 aromatic rings. The lowest BCUT2D eigenvalue weighted by molar-refractivity contribution is 1.62. The van der Waals surface area contributed by atoms with Crippen LogP contribution in [0.2, 0.25) is 0 Å². The molecule has 0 radical (unpaired) electrons. The molecule has 0 amide bonds. The van der Waals surface area contributed by atoms with E-state index in [1.165, 1.54) is 6.42 Å². The molecule has 0 saturated carbocycles. The van der Waals surface area contributed by atoms with E-state index in [-0.39, 0.29) is 0 Å². The van der Waals surface area contributed by atoms with Crippen molar-refractivity contribution in [3.63, 3.8) is 0 Å². The van der Waals surface area contributed by atoms with Crippen LogP contribution in [0.1, 0.15) is 10.4 Å². The maximum Gasteiger partial charge on any atom is 0.0125 e. The van der Waals surface area contributed by atoms with E-state index in [1.807, 2.05) is 11.3 Å². The standard InChI is InChI=1S/C5H4S/c1-2-6-5-3-4(1)5/h1-2H,3H2. The van der Waals surface area contributed by atoms with Crippen molar-refractivity contribution in [2.75, 3.05) is 0 Å². The van der Waals surface area contributed by atoms with Crippen molar-refractivity contribution < 1.29 is 0 Å². The molecular weight excluding hydrogens is 92.1 g/mol. The van der Waals surface area contributed by atoms with Crippen LogP contribution in [0.25, 0.3) is 0 Å². The highest BCUT2D eigenvalue weighted by Gasteiger charge is 2.15. The zero-order valence-corrected chi connectivity index (χ0v) is 4.09. The Labute approximate surface area is 40.4 Å². The first kappa shape index (κ1) is 2.80. The third kappa shape index (κ3) is 0.197. The number of fused-ring (bicyclic) bond motifs is 1. The first-order valence-corrected chi connectivity index (χ1v) is 2.90. The Balaban J connectivity index is 2.88. The molecule has 0 bridgehead atoms. The Morgan fingerprint density at radius 2 is 2.67 bits per heavy atom. The molecule has 0 aromatic carbocycles. The fraction of sp³-hybridized carbons (Fsp3) is 0.200. The lowest BCUT2D eigenvalue weighted by Gasteiger charge is -1.56. The monoisotopic (exact) mass is 96.0 g/mol. The van der Waals surface area contributed by atoms with Crippen LogP contribution in [0.3, 0.4) is 0 Å². The second kappa shape index (κ2) is 0.684. The molecule has 0 aliphatic heterocycles. The van der Waals surface area contributed by atoms with Crippen molar-refractivity contribution in [1.29, 1.82) is 0 Å². The molecule has 1 heterocycles. The molecule has 0 nitrogen and oxygen atoms in total. The summed E-state index contributed by atoms with van der Waals surface area (Å²) in [5.74, 6) is 0. The van der Waals surface area contributed by atoms with Gasteiger partial charge in [0.2, 0.25) is 0 Å². The van der Waals surface area contributed by atoms with Crippen molar-refractivity contribution in [1.82, 2.24) is 0 Å². The minimum atomic E-state index is 1.29. The fourth-order valence-electron chi connectivity index (χ4n) is 0.596. The molecule has 30 valence electrons. The second-order valence-corrected chi connectivity index (χ2v) is 2.55. The van der Waals surface area contributed by atoms with Gasteiger partial charge < -0.3 is 0 Å². The first-order chi connectivity index (χ1) is 2.97. The zero-order chi connectivity index (χ0) is 3.98. The Hall–Kier alpha value is -0.300. The molecule has 1 heteroatoms. The maximum absolute atomic E-state index is 2.19. The fourth-order valence-corrected chi connectivity index (χ4v) is 1.45. The molecule has 1 aromatic heterocycles. The van der Waals surface area contributed by atoms with E-state index < -0.39 is 0 Å². The largest absolute Gasteiger partial charge is 0.148 e. The molecule has 1 aliphatic carbocycles. The van der Waals surface area contributed by atoms with Gasteiger partial charge in [0.1, 0.15) is 0 Å². The van der Waals surface area contributed by atoms with E-state index in [0.29, 0.717) is 0 Å². The minimum Gasteiger partial charge on any atom is -0.148 e. The van der Waals surface area contributed by atoms with Gasteiger partial charge in [0.15, 0.2) is 0 Å². The summed E-state index contributed by atoms with van der Waals surface area (Å²) in [6.45, 7) is 0. The van der Waals surface area contributed by atoms with Gasteiger partial charge in [-0.05, 0) is 17.0 Å². The lowest BCUT2D eigenvalue weighted by Crippen LogP contribution is -1.37. The highest BCUT2D eigenvalue weighted by Crippen LogP contribution is 2.32. The molecule has 0 fully saturated rings. The number of rotatable bonds is 0. The SMILES string of the molecule is c1cc2c(s1)C2. The number of hydrogen-bond acceptors (Lipinski definition) is 1. The topological polar surface area (TPSA) is 0 Å². The average Bonchev–Trinajstić information content (AvgIpc) is 2.17. The van der Waals surface area contributed by atoms with Crippen LogP contribution in [-0.4, -0.2) is 0 Å². The molecular formula is C5H4S. The van der Waals surface area contributed by atoms with Gasteiger partial charge in [-0.1, -0.05) is 0 Å². The second-order valence-electron chi connectivity index (χ2n) is 1.55. The van der Waals surface area contributed by atoms with Crippen molar-refractivity contribution in [2.45, 2.75) is 6.42 Å². The van der Waals surface area contributed by atoms with E-state index >= 15 is 0 Å². The summed E-state index contributed by atoms with van der Waals surface area (Å²) >= 11 is 1.87. The van der Waals surface area contributed by atoms with Gasteiger partial charge in [-0.25, -0.2) is 0 Å². The van der Waals surface area contributed by atoms with Crippen molar-refractivity contribution in [3.8, 4) is 0 Å². The van der Waals surface area contributed by atoms with Crippen LogP contribution < -0.4 is 0 Å². The van der Waals surface area contributed by atoms with Crippen LogP contribution in [0.4, 0.5) is 0 Å². The van der Waals surface area contributed by atoms with E-state index in [1.54, 1.807) is 10.4 Å². The van der Waals surface area contributed by atoms with Crippen LogP contribution in [0, 0.1) is 0 Å². The van der Waals surface area contributed by atoms with E-state index in [4.69, 9.17) is 0 Å². The molecule has 0 unspecified atom stereocenters. The Kier molecular flexibility index (Phi) is 0.320. The molecule has 0 saturated heterocycles. The highest BCUT2D eigenvalue weighted by atomic mass is 32.1. The van der Waals surface area contributed by atoms with Gasteiger partial charge in [0, 0.05) is 11.3 Å². The quantitative estimate of drug-likeness (QED) is 0.468. The third-order valence-electron chi connectivity index (χ3n) is 1.06. The smallest absolute Gasteiger partial charge is 0.0125 e. The molecule has 1 aliphatic rings. The van der Waals surface area contributed by atoms with E-state index in [9.17, 15) is 0 Å². The Bertz CT molecular complexity index is 148. The summed E-state index contributed by atoms with van der Waals surface area (Å²) in [4.78, 5) is 1.59. The normalized spacial score (nSPS) is 14.0. The van der Waals surface area contributed by atoms with Crippen LogP contribution >= 0.6 is 11.3 Å². The minimum absolute atomic E-state index is 1.29. The van der Waals surface area contributed by atoms with Gasteiger partial charge in [0.25, 0.3) is 0 Å². The van der Waals surface area contributed by atoms with Gasteiger partial charge in [0.05, 0.1) is 0 Å². The first-order valence-electron chi connectivity index (χ1n) is 2.02.